The van der Waals surface area contributed by atoms with Gasteiger partial charge in [0.15, 0.2) is 0 Å². The van der Waals surface area contributed by atoms with Crippen molar-refractivity contribution in [2.24, 2.45) is 5.41 Å². The molecular weight excluding hydrogens is 290 g/mol. The third-order valence-electron chi connectivity index (χ3n) is 5.12. The molecule has 0 amide bonds. The van der Waals surface area contributed by atoms with Crippen LogP contribution in [0.3, 0.4) is 0 Å². The van der Waals surface area contributed by atoms with Crippen molar-refractivity contribution in [2.45, 2.75) is 13.5 Å². The second-order valence-electron chi connectivity index (χ2n) is 6.80. The molecule has 2 N–H and O–H groups in total. The monoisotopic (exact) mass is 319 g/mol. The topological polar surface area (TPSA) is 48.0 Å². The summed E-state index contributed by atoms with van der Waals surface area (Å²) in [7, 11) is 0. The van der Waals surface area contributed by atoms with E-state index in [1.807, 2.05) is 0 Å². The number of aliphatic hydroxyl groups is 1. The van der Waals surface area contributed by atoms with Gasteiger partial charge >= 0.3 is 0 Å². The standard InChI is InChI=1S/C18H29N3O2/c1-2-20-7-9-21(10-8-20)17-6-4-3-5-16(17)11-19-12-18(13-22)14-23-15-18/h3-6,19,22H,2,7-15H2,1H3. The van der Waals surface area contributed by atoms with Crippen molar-refractivity contribution in [2.75, 3.05) is 64.0 Å². The molecule has 23 heavy (non-hydrogen) atoms. The number of ether oxygens (including phenoxy) is 1. The van der Waals surface area contributed by atoms with Gasteiger partial charge in [-0.25, -0.2) is 0 Å². The van der Waals surface area contributed by atoms with E-state index >= 15 is 0 Å². The van der Waals surface area contributed by atoms with Gasteiger partial charge in [0.1, 0.15) is 0 Å². The molecule has 0 atom stereocenters. The summed E-state index contributed by atoms with van der Waals surface area (Å²) in [6, 6.07) is 8.67. The van der Waals surface area contributed by atoms with Gasteiger partial charge in [-0.15, -0.1) is 0 Å². The van der Waals surface area contributed by atoms with Crippen LogP contribution in [-0.4, -0.2) is 69.1 Å². The molecule has 2 heterocycles. The molecule has 2 aliphatic rings. The number of rotatable bonds is 7. The lowest BCUT2D eigenvalue weighted by atomic mass is 9.87. The fourth-order valence-corrected chi connectivity index (χ4v) is 3.38. The summed E-state index contributed by atoms with van der Waals surface area (Å²) in [5, 5.41) is 13.0. The first-order chi connectivity index (χ1) is 11.3. The Morgan fingerprint density at radius 3 is 2.52 bits per heavy atom. The summed E-state index contributed by atoms with van der Waals surface area (Å²) in [6.45, 7) is 11.0. The van der Waals surface area contributed by atoms with Gasteiger partial charge in [-0.1, -0.05) is 25.1 Å². The number of nitrogens with zero attached hydrogens (tertiary/aromatic N) is 2. The number of para-hydroxylation sites is 1. The quantitative estimate of drug-likeness (QED) is 0.783. The van der Waals surface area contributed by atoms with E-state index in [9.17, 15) is 5.11 Å². The smallest absolute Gasteiger partial charge is 0.0579 e. The van der Waals surface area contributed by atoms with Crippen LogP contribution in [0.5, 0.6) is 0 Å². The van der Waals surface area contributed by atoms with E-state index in [2.05, 4.69) is 46.3 Å². The first kappa shape index (κ1) is 16.7. The number of benzene rings is 1. The van der Waals surface area contributed by atoms with Crippen molar-refractivity contribution in [1.29, 1.82) is 0 Å². The highest BCUT2D eigenvalue weighted by molar-refractivity contribution is 5.54. The highest BCUT2D eigenvalue weighted by atomic mass is 16.5. The predicted octanol–water partition coefficient (Wildman–Crippen LogP) is 0.927. The van der Waals surface area contributed by atoms with Gasteiger partial charge in [0.25, 0.3) is 0 Å². The zero-order chi connectivity index (χ0) is 16.1. The Bertz CT molecular complexity index is 491. The summed E-state index contributed by atoms with van der Waals surface area (Å²) in [4.78, 5) is 5.00. The Hall–Kier alpha value is -1.14. The van der Waals surface area contributed by atoms with Crippen LogP contribution in [0.25, 0.3) is 0 Å². The fraction of sp³-hybridized carbons (Fsp3) is 0.667. The van der Waals surface area contributed by atoms with Crippen molar-refractivity contribution in [3.63, 3.8) is 0 Å². The molecule has 5 heteroatoms. The summed E-state index contributed by atoms with van der Waals surface area (Å²) in [5.74, 6) is 0. The molecular formula is C18H29N3O2. The Balaban J connectivity index is 1.57. The molecule has 0 unspecified atom stereocenters. The average molecular weight is 319 g/mol. The summed E-state index contributed by atoms with van der Waals surface area (Å²) in [6.07, 6.45) is 0. The molecule has 0 aromatic heterocycles. The van der Waals surface area contributed by atoms with Crippen LogP contribution < -0.4 is 10.2 Å². The third kappa shape index (κ3) is 3.86. The highest BCUT2D eigenvalue weighted by Crippen LogP contribution is 2.26. The number of piperazine rings is 1. The maximum Gasteiger partial charge on any atom is 0.0579 e. The van der Waals surface area contributed by atoms with E-state index in [0.29, 0.717) is 13.2 Å². The number of aliphatic hydroxyl groups excluding tert-OH is 1. The van der Waals surface area contributed by atoms with Gasteiger partial charge in [-0.3, -0.25) is 0 Å². The number of nitrogens with one attached hydrogen (secondary N) is 1. The maximum atomic E-state index is 9.51. The number of hydrogen-bond acceptors (Lipinski definition) is 5. The first-order valence-electron chi connectivity index (χ1n) is 8.71. The minimum atomic E-state index is -0.0678. The molecule has 2 aliphatic heterocycles. The Morgan fingerprint density at radius 2 is 1.91 bits per heavy atom. The second-order valence-corrected chi connectivity index (χ2v) is 6.80. The molecule has 1 aromatic carbocycles. The van der Waals surface area contributed by atoms with Crippen LogP contribution in [0.1, 0.15) is 12.5 Å². The minimum absolute atomic E-state index is 0.0678. The van der Waals surface area contributed by atoms with Crippen molar-refractivity contribution >= 4 is 5.69 Å². The summed E-state index contributed by atoms with van der Waals surface area (Å²) in [5.41, 5.74) is 2.62. The minimum Gasteiger partial charge on any atom is -0.396 e. The maximum absolute atomic E-state index is 9.51. The van der Waals surface area contributed by atoms with Gasteiger partial charge in [-0.2, -0.15) is 0 Å². The fourth-order valence-electron chi connectivity index (χ4n) is 3.38. The molecule has 0 saturated carbocycles. The third-order valence-corrected chi connectivity index (χ3v) is 5.12. The molecule has 3 rings (SSSR count). The zero-order valence-corrected chi connectivity index (χ0v) is 14.1. The van der Waals surface area contributed by atoms with E-state index in [-0.39, 0.29) is 12.0 Å². The highest BCUT2D eigenvalue weighted by Gasteiger charge is 2.37. The van der Waals surface area contributed by atoms with Crippen LogP contribution in [0.15, 0.2) is 24.3 Å². The second kappa shape index (κ2) is 7.62. The Morgan fingerprint density at radius 1 is 1.17 bits per heavy atom. The molecule has 2 saturated heterocycles. The van der Waals surface area contributed by atoms with Gasteiger partial charge < -0.3 is 25.0 Å². The Kier molecular flexibility index (Phi) is 5.54. The lowest BCUT2D eigenvalue weighted by molar-refractivity contribution is -0.134. The molecule has 0 aliphatic carbocycles. The SMILES string of the molecule is CCN1CCN(c2ccccc2CNCC2(CO)COC2)CC1. The molecule has 2 fully saturated rings. The van der Waals surface area contributed by atoms with Crippen molar-refractivity contribution in [1.82, 2.24) is 10.2 Å². The van der Waals surface area contributed by atoms with E-state index in [1.54, 1.807) is 0 Å². The number of hydrogen-bond donors (Lipinski definition) is 2. The van der Waals surface area contributed by atoms with Gasteiger partial charge in [0.05, 0.1) is 25.2 Å². The predicted molar refractivity (Wildman–Crippen MR) is 92.8 cm³/mol. The average Bonchev–Trinajstić information content (AvgIpc) is 2.58. The van der Waals surface area contributed by atoms with E-state index < -0.39 is 0 Å². The van der Waals surface area contributed by atoms with Gasteiger partial charge in [-0.05, 0) is 18.2 Å². The van der Waals surface area contributed by atoms with Crippen LogP contribution in [0.4, 0.5) is 5.69 Å². The van der Waals surface area contributed by atoms with Crippen LogP contribution in [0, 0.1) is 5.41 Å². The van der Waals surface area contributed by atoms with E-state index in [0.717, 1.165) is 45.8 Å². The molecule has 0 spiro atoms. The van der Waals surface area contributed by atoms with Crippen LogP contribution >= 0.6 is 0 Å². The van der Waals surface area contributed by atoms with E-state index in [1.165, 1.54) is 11.3 Å². The van der Waals surface area contributed by atoms with E-state index in [4.69, 9.17) is 4.74 Å². The lowest BCUT2D eigenvalue weighted by Gasteiger charge is -2.40. The molecule has 0 radical (unpaired) electrons. The number of anilines is 1. The molecule has 128 valence electrons. The van der Waals surface area contributed by atoms with Gasteiger partial charge in [0, 0.05) is 45.0 Å². The first-order valence-corrected chi connectivity index (χ1v) is 8.71. The van der Waals surface area contributed by atoms with Crippen LogP contribution in [0.2, 0.25) is 0 Å². The molecule has 0 bridgehead atoms. The molecule has 5 nitrogen and oxygen atoms in total. The largest absolute Gasteiger partial charge is 0.396 e. The van der Waals surface area contributed by atoms with Crippen molar-refractivity contribution in [3.8, 4) is 0 Å². The summed E-state index contributed by atoms with van der Waals surface area (Å²) < 4.78 is 5.26. The molecule has 1 aromatic rings. The normalized spacial score (nSPS) is 21.2. The Labute approximate surface area is 139 Å². The zero-order valence-electron chi connectivity index (χ0n) is 14.1. The summed E-state index contributed by atoms with van der Waals surface area (Å²) >= 11 is 0. The van der Waals surface area contributed by atoms with Crippen LogP contribution in [-0.2, 0) is 11.3 Å². The van der Waals surface area contributed by atoms with Gasteiger partial charge in [0.2, 0.25) is 0 Å². The van der Waals surface area contributed by atoms with Crippen molar-refractivity contribution in [3.05, 3.63) is 29.8 Å². The lowest BCUT2D eigenvalue weighted by Crippen LogP contribution is -2.52. The van der Waals surface area contributed by atoms with Crippen molar-refractivity contribution < 1.29 is 9.84 Å². The number of likely N-dealkylation sites (N-methyl/N-ethyl adjacent to an activating group) is 1.